The topological polar surface area (TPSA) is 48.1 Å². The number of nitrogens with zero attached hydrogens (tertiary/aromatic N) is 2. The molecule has 0 saturated heterocycles. The summed E-state index contributed by atoms with van der Waals surface area (Å²) in [6.07, 6.45) is 1.97. The number of nitro groups is 1. The number of benzene rings is 1. The van der Waals surface area contributed by atoms with Gasteiger partial charge in [-0.15, -0.1) is 0 Å². The van der Waals surface area contributed by atoms with Crippen molar-refractivity contribution in [3.8, 4) is 0 Å². The van der Waals surface area contributed by atoms with Gasteiger partial charge in [0.05, 0.1) is 10.4 Å². The minimum Gasteiger partial charge on any atom is -0.350 e. The van der Waals surface area contributed by atoms with Crippen LogP contribution in [0.4, 0.5) is 5.69 Å². The van der Waals surface area contributed by atoms with Crippen LogP contribution in [0.3, 0.4) is 0 Å². The molecule has 14 heavy (non-hydrogen) atoms. The molecule has 0 fully saturated rings. The Balaban J connectivity index is 2.77. The van der Waals surface area contributed by atoms with Gasteiger partial charge in [-0.2, -0.15) is 0 Å². The number of nitro benzene ring substituents is 1. The van der Waals surface area contributed by atoms with Crippen molar-refractivity contribution < 1.29 is 4.92 Å². The lowest BCUT2D eigenvalue weighted by Crippen LogP contribution is -1.89. The second kappa shape index (κ2) is 2.83. The zero-order valence-corrected chi connectivity index (χ0v) is 8.02. The van der Waals surface area contributed by atoms with Crippen molar-refractivity contribution in [1.29, 1.82) is 0 Å². The van der Waals surface area contributed by atoms with Crippen molar-refractivity contribution in [3.63, 3.8) is 0 Å². The molecule has 0 aliphatic heterocycles. The molecule has 4 heteroatoms. The molecule has 0 aliphatic rings. The van der Waals surface area contributed by atoms with Gasteiger partial charge in [0.25, 0.3) is 5.69 Å². The maximum atomic E-state index is 10.6. The zero-order valence-electron chi connectivity index (χ0n) is 8.02. The lowest BCUT2D eigenvalue weighted by atomic mass is 10.2. The highest BCUT2D eigenvalue weighted by Gasteiger charge is 2.09. The fourth-order valence-electron chi connectivity index (χ4n) is 1.69. The normalized spacial score (nSPS) is 10.7. The summed E-state index contributed by atoms with van der Waals surface area (Å²) in [5.74, 6) is 0. The third-order valence-corrected chi connectivity index (χ3v) is 2.38. The van der Waals surface area contributed by atoms with Gasteiger partial charge < -0.3 is 4.57 Å². The summed E-state index contributed by atoms with van der Waals surface area (Å²) in [5.41, 5.74) is 2.17. The average Bonchev–Trinajstić information content (AvgIpc) is 2.42. The lowest BCUT2D eigenvalue weighted by Gasteiger charge is -1.95. The first-order valence-electron chi connectivity index (χ1n) is 4.29. The summed E-state index contributed by atoms with van der Waals surface area (Å²) in [6, 6.07) is 4.93. The number of aryl methyl sites for hydroxylation is 2. The van der Waals surface area contributed by atoms with Crippen LogP contribution in [0.15, 0.2) is 24.4 Å². The molecule has 0 aliphatic carbocycles. The highest BCUT2D eigenvalue weighted by Crippen LogP contribution is 2.24. The predicted octanol–water partition coefficient (Wildman–Crippen LogP) is 2.39. The van der Waals surface area contributed by atoms with Gasteiger partial charge in [0, 0.05) is 30.8 Å². The molecule has 1 heterocycles. The first-order chi connectivity index (χ1) is 6.59. The second-order valence-electron chi connectivity index (χ2n) is 3.38. The second-order valence-corrected chi connectivity index (χ2v) is 3.38. The monoisotopic (exact) mass is 190 g/mol. The Morgan fingerprint density at radius 1 is 1.43 bits per heavy atom. The molecule has 0 saturated carbocycles. The van der Waals surface area contributed by atoms with E-state index in [2.05, 4.69) is 0 Å². The number of fused-ring (bicyclic) bond motifs is 1. The number of non-ortho nitro benzene ring substituents is 1. The number of hydrogen-bond donors (Lipinski definition) is 0. The van der Waals surface area contributed by atoms with Gasteiger partial charge in [-0.25, -0.2) is 0 Å². The fraction of sp³-hybridized carbons (Fsp3) is 0.200. The Hall–Kier alpha value is -1.84. The van der Waals surface area contributed by atoms with Crippen LogP contribution >= 0.6 is 0 Å². The number of rotatable bonds is 1. The van der Waals surface area contributed by atoms with Gasteiger partial charge in [-0.1, -0.05) is 0 Å². The maximum Gasteiger partial charge on any atom is 0.271 e. The van der Waals surface area contributed by atoms with Gasteiger partial charge >= 0.3 is 0 Å². The Kier molecular flexibility index (Phi) is 1.77. The maximum absolute atomic E-state index is 10.6. The molecular formula is C10H10N2O2. The van der Waals surface area contributed by atoms with Gasteiger partial charge in [0.2, 0.25) is 0 Å². The molecule has 0 bridgehead atoms. The third kappa shape index (κ3) is 1.16. The van der Waals surface area contributed by atoms with E-state index in [4.69, 9.17) is 0 Å². The first-order valence-corrected chi connectivity index (χ1v) is 4.29. The summed E-state index contributed by atoms with van der Waals surface area (Å²) in [5, 5.41) is 11.6. The molecular weight excluding hydrogens is 180 g/mol. The minimum absolute atomic E-state index is 0.138. The van der Waals surface area contributed by atoms with E-state index in [1.807, 2.05) is 24.7 Å². The van der Waals surface area contributed by atoms with Crippen LogP contribution in [-0.4, -0.2) is 9.49 Å². The van der Waals surface area contributed by atoms with Gasteiger partial charge in [0.1, 0.15) is 0 Å². The van der Waals surface area contributed by atoms with E-state index in [1.165, 1.54) is 6.07 Å². The van der Waals surface area contributed by atoms with E-state index in [-0.39, 0.29) is 10.6 Å². The lowest BCUT2D eigenvalue weighted by molar-refractivity contribution is -0.384. The zero-order chi connectivity index (χ0) is 10.3. The smallest absolute Gasteiger partial charge is 0.271 e. The van der Waals surface area contributed by atoms with Crippen molar-refractivity contribution in [2.45, 2.75) is 6.92 Å². The van der Waals surface area contributed by atoms with Gasteiger partial charge in [0.15, 0.2) is 0 Å². The molecule has 1 aromatic carbocycles. The largest absolute Gasteiger partial charge is 0.350 e. The van der Waals surface area contributed by atoms with Gasteiger partial charge in [-0.05, 0) is 18.6 Å². The average molecular weight is 190 g/mol. The van der Waals surface area contributed by atoms with Crippen molar-refractivity contribution in [2.75, 3.05) is 0 Å². The summed E-state index contributed by atoms with van der Waals surface area (Å²) in [4.78, 5) is 10.2. The molecule has 0 atom stereocenters. The predicted molar refractivity (Wildman–Crippen MR) is 54.3 cm³/mol. The molecule has 0 spiro atoms. The highest BCUT2D eigenvalue weighted by molar-refractivity contribution is 5.85. The van der Waals surface area contributed by atoms with Crippen LogP contribution in [0.5, 0.6) is 0 Å². The van der Waals surface area contributed by atoms with E-state index in [0.29, 0.717) is 0 Å². The molecule has 0 amide bonds. The van der Waals surface area contributed by atoms with E-state index < -0.39 is 0 Å². The quantitative estimate of drug-likeness (QED) is 0.512. The standard InChI is InChI=1S/C10H10N2O2/c1-7-6-11(2)10-5-8(12(13)14)3-4-9(7)10/h3-6H,1-2H3. The van der Waals surface area contributed by atoms with Crippen molar-refractivity contribution in [1.82, 2.24) is 4.57 Å². The van der Waals surface area contributed by atoms with Crippen LogP contribution in [0, 0.1) is 17.0 Å². The van der Waals surface area contributed by atoms with Gasteiger partial charge in [-0.3, -0.25) is 10.1 Å². The van der Waals surface area contributed by atoms with Crippen LogP contribution in [0.2, 0.25) is 0 Å². The summed E-state index contributed by atoms with van der Waals surface area (Å²) < 4.78 is 1.90. The van der Waals surface area contributed by atoms with Crippen LogP contribution in [0.1, 0.15) is 5.56 Å². The fourth-order valence-corrected chi connectivity index (χ4v) is 1.69. The summed E-state index contributed by atoms with van der Waals surface area (Å²) in [6.45, 7) is 1.99. The Labute approximate surface area is 80.9 Å². The molecule has 0 radical (unpaired) electrons. The first kappa shape index (κ1) is 8.74. The Morgan fingerprint density at radius 3 is 2.79 bits per heavy atom. The van der Waals surface area contributed by atoms with Crippen LogP contribution in [-0.2, 0) is 7.05 Å². The van der Waals surface area contributed by atoms with Crippen molar-refractivity contribution in [2.24, 2.45) is 7.05 Å². The molecule has 0 unspecified atom stereocenters. The molecule has 4 nitrogen and oxygen atoms in total. The number of hydrogen-bond acceptors (Lipinski definition) is 2. The van der Waals surface area contributed by atoms with Crippen molar-refractivity contribution >= 4 is 16.6 Å². The van der Waals surface area contributed by atoms with E-state index in [9.17, 15) is 10.1 Å². The van der Waals surface area contributed by atoms with Crippen LogP contribution in [0.25, 0.3) is 10.9 Å². The molecule has 1 aromatic heterocycles. The van der Waals surface area contributed by atoms with Crippen LogP contribution < -0.4 is 0 Å². The Bertz CT molecular complexity index is 514. The summed E-state index contributed by atoms with van der Waals surface area (Å²) in [7, 11) is 1.89. The Morgan fingerprint density at radius 2 is 2.14 bits per heavy atom. The van der Waals surface area contributed by atoms with Crippen molar-refractivity contribution in [3.05, 3.63) is 40.1 Å². The molecule has 72 valence electrons. The molecule has 2 rings (SSSR count). The number of aromatic nitrogens is 1. The SMILES string of the molecule is Cc1cn(C)c2cc([N+](=O)[O-])ccc12. The highest BCUT2D eigenvalue weighted by atomic mass is 16.6. The molecule has 2 aromatic rings. The van der Waals surface area contributed by atoms with E-state index in [1.54, 1.807) is 12.1 Å². The van der Waals surface area contributed by atoms with E-state index >= 15 is 0 Å². The van der Waals surface area contributed by atoms with E-state index in [0.717, 1.165) is 16.5 Å². The minimum atomic E-state index is -0.373. The molecule has 0 N–H and O–H groups in total. The summed E-state index contributed by atoms with van der Waals surface area (Å²) >= 11 is 0. The third-order valence-electron chi connectivity index (χ3n) is 2.38.